The van der Waals surface area contributed by atoms with Gasteiger partial charge in [-0.15, -0.1) is 0 Å². The first-order chi connectivity index (χ1) is 10.2. The molecular weight excluding hydrogens is 172 g/mol. The molecule has 0 aliphatic heterocycles. The minimum Gasteiger partial charge on any atom is -0.265 e. The van der Waals surface area contributed by atoms with Crippen molar-refractivity contribution >= 4 is 0 Å². The Morgan fingerprint density at radius 1 is 0.786 bits per heavy atom. The Morgan fingerprint density at radius 3 is 1.50 bits per heavy atom. The fraction of sp³-hybridized carbons (Fsp3) is 0. The lowest BCUT2D eigenvalue weighted by Crippen LogP contribution is -1.76. The molecular formula is C12H8N2. The van der Waals surface area contributed by atoms with Crippen LogP contribution in [0.4, 0.5) is 0 Å². The van der Waals surface area contributed by atoms with E-state index in [0.29, 0.717) is 0 Å². The van der Waals surface area contributed by atoms with E-state index in [1.807, 2.05) is 0 Å². The first-order valence-electron chi connectivity index (χ1n) is 7.64. The molecule has 0 saturated carbocycles. The van der Waals surface area contributed by atoms with Crippen LogP contribution in [-0.2, 0) is 0 Å². The topological polar surface area (TPSA) is 25.8 Å². The lowest BCUT2D eigenvalue weighted by Gasteiger charge is -1.87. The maximum atomic E-state index is 7.65. The van der Waals surface area contributed by atoms with Crippen molar-refractivity contribution in [2.45, 2.75) is 0 Å². The Hall–Kier alpha value is -2.14. The fourth-order valence-electron chi connectivity index (χ4n) is 0.704. The van der Waals surface area contributed by atoms with E-state index >= 15 is 0 Å². The molecule has 2 aromatic rings. The maximum Gasteiger partial charge on any atom is 0.0840 e. The molecule has 2 heteroatoms. The van der Waals surface area contributed by atoms with Gasteiger partial charge in [-0.2, -0.15) is 0 Å². The highest BCUT2D eigenvalue weighted by molar-refractivity contribution is 5.40. The molecule has 66 valence electrons. The molecule has 2 heterocycles. The molecule has 0 fully saturated rings. The summed E-state index contributed by atoms with van der Waals surface area (Å²) in [6.45, 7) is 0. The summed E-state index contributed by atoms with van der Waals surface area (Å²) in [5, 5.41) is 0. The van der Waals surface area contributed by atoms with Gasteiger partial charge in [0.25, 0.3) is 0 Å². The summed E-state index contributed by atoms with van der Waals surface area (Å²) in [7, 11) is 0. The number of nitrogens with zero attached hydrogens (tertiary/aromatic N) is 2. The van der Waals surface area contributed by atoms with Crippen molar-refractivity contribution in [1.29, 1.82) is 0 Å². The number of hydrogen-bond donors (Lipinski definition) is 0. The van der Waals surface area contributed by atoms with Crippen molar-refractivity contribution in [1.82, 2.24) is 9.97 Å². The average Bonchev–Trinajstić information content (AvgIpc) is 2.46. The third-order valence-electron chi connectivity index (χ3n) is 1.26. The van der Waals surface area contributed by atoms with Crippen LogP contribution in [0.5, 0.6) is 0 Å². The van der Waals surface area contributed by atoms with Crippen LogP contribution in [0.1, 0.15) is 22.1 Å². The minimum atomic E-state index is -0.500. The number of aromatic nitrogens is 2. The largest absolute Gasteiger partial charge is 0.265 e. The van der Waals surface area contributed by atoms with Gasteiger partial charge in [0.1, 0.15) is 0 Å². The molecule has 0 radical (unpaired) electrons. The van der Waals surface area contributed by atoms with Crippen LogP contribution in [0.2, 0.25) is 0 Å². The molecule has 0 N–H and O–H groups in total. The van der Waals surface area contributed by atoms with Gasteiger partial charge in [-0.25, -0.2) is 0 Å². The predicted octanol–water partition coefficient (Wildman–Crippen LogP) is 1.88. The Labute approximate surface area is 93.9 Å². The first kappa shape index (κ1) is 3.21. The number of pyridine rings is 2. The maximum absolute atomic E-state index is 7.65. The van der Waals surface area contributed by atoms with Gasteiger partial charge in [0, 0.05) is 35.8 Å². The van der Waals surface area contributed by atoms with Crippen molar-refractivity contribution in [3.05, 3.63) is 60.0 Å². The van der Waals surface area contributed by atoms with Crippen LogP contribution in [0.3, 0.4) is 0 Å². The quantitative estimate of drug-likeness (QED) is 0.590. The number of hydrogen-bond acceptors (Lipinski definition) is 2. The van der Waals surface area contributed by atoms with Crippen molar-refractivity contribution < 1.29 is 11.0 Å². The molecule has 0 atom stereocenters. The van der Waals surface area contributed by atoms with Gasteiger partial charge < -0.3 is 0 Å². The van der Waals surface area contributed by atoms with E-state index in [9.17, 15) is 0 Å². The summed E-state index contributed by atoms with van der Waals surface area (Å²) >= 11 is 0. The molecule has 0 unspecified atom stereocenters. The zero-order valence-corrected chi connectivity index (χ0v) is 6.89. The first-order valence-corrected chi connectivity index (χ1v) is 3.64. The molecule has 0 spiro atoms. The minimum absolute atomic E-state index is 0.223. The Bertz CT molecular complexity index is 718. The van der Waals surface area contributed by atoms with Crippen molar-refractivity contribution in [3.63, 3.8) is 0 Å². The van der Waals surface area contributed by atoms with E-state index in [0.717, 1.165) is 0 Å². The second-order valence-electron chi connectivity index (χ2n) is 2.17. The highest BCUT2D eigenvalue weighted by atomic mass is 14.6. The molecule has 0 aliphatic rings. The second kappa shape index (κ2) is 4.20. The molecule has 14 heavy (non-hydrogen) atoms. The van der Waals surface area contributed by atoms with E-state index in [1.54, 1.807) is 0 Å². The SMILES string of the molecule is [2H]c1nc([2H])c([2H])c(C#Cc2c([2H])c([2H])nc([2H])c2[2H])c1[2H]. The zero-order valence-electron chi connectivity index (χ0n) is 14.9. The number of rotatable bonds is 0. The Balaban J connectivity index is 2.68. The third-order valence-corrected chi connectivity index (χ3v) is 1.26. The second-order valence-corrected chi connectivity index (χ2v) is 2.17. The summed E-state index contributed by atoms with van der Waals surface area (Å²) in [5.74, 6) is 4.75. The summed E-state index contributed by atoms with van der Waals surface area (Å²) in [4.78, 5) is 6.80. The molecule has 0 aliphatic carbocycles. The van der Waals surface area contributed by atoms with Gasteiger partial charge in [-0.1, -0.05) is 11.8 Å². The fourth-order valence-corrected chi connectivity index (χ4v) is 0.704. The summed E-state index contributed by atoms with van der Waals surface area (Å²) in [6.07, 6.45) is -2.00. The van der Waals surface area contributed by atoms with E-state index < -0.39 is 48.9 Å². The van der Waals surface area contributed by atoms with E-state index in [1.165, 1.54) is 0 Å². The zero-order chi connectivity index (χ0) is 16.6. The van der Waals surface area contributed by atoms with Gasteiger partial charge in [0.2, 0.25) is 0 Å². The normalized spacial score (nSPS) is 16.9. The van der Waals surface area contributed by atoms with Crippen molar-refractivity contribution in [2.75, 3.05) is 0 Å². The van der Waals surface area contributed by atoms with E-state index in [4.69, 9.17) is 11.0 Å². The average molecular weight is 188 g/mol. The smallest absolute Gasteiger partial charge is 0.0840 e. The van der Waals surface area contributed by atoms with Crippen LogP contribution in [0.15, 0.2) is 48.9 Å². The van der Waals surface area contributed by atoms with Crippen LogP contribution in [0, 0.1) is 11.8 Å². The molecule has 0 amide bonds. The van der Waals surface area contributed by atoms with E-state index in [-0.39, 0.29) is 11.1 Å². The molecule has 2 rings (SSSR count). The lowest BCUT2D eigenvalue weighted by atomic mass is 10.2. The van der Waals surface area contributed by atoms with Gasteiger partial charge in [-0.05, 0) is 24.2 Å². The van der Waals surface area contributed by atoms with Crippen LogP contribution in [-0.4, -0.2) is 9.97 Å². The van der Waals surface area contributed by atoms with Gasteiger partial charge >= 0.3 is 0 Å². The molecule has 2 nitrogen and oxygen atoms in total. The Morgan fingerprint density at radius 2 is 1.14 bits per heavy atom. The van der Waals surface area contributed by atoms with Gasteiger partial charge in [0.15, 0.2) is 0 Å². The molecule has 2 aromatic heterocycles. The van der Waals surface area contributed by atoms with Crippen LogP contribution in [0.25, 0.3) is 0 Å². The molecule has 0 saturated heterocycles. The Kier molecular flexibility index (Phi) is 0.964. The van der Waals surface area contributed by atoms with Gasteiger partial charge in [-0.3, -0.25) is 9.97 Å². The third kappa shape index (κ3) is 2.18. The molecule has 0 aromatic carbocycles. The van der Waals surface area contributed by atoms with Crippen LogP contribution >= 0.6 is 0 Å². The highest BCUT2D eigenvalue weighted by Gasteiger charge is 1.84. The van der Waals surface area contributed by atoms with Crippen LogP contribution < -0.4 is 0 Å². The van der Waals surface area contributed by atoms with E-state index in [2.05, 4.69) is 21.8 Å². The lowest BCUT2D eigenvalue weighted by molar-refractivity contribution is 1.32. The monoisotopic (exact) mass is 188 g/mol. The summed E-state index contributed by atoms with van der Waals surface area (Å²) in [6, 6.07) is -1.73. The van der Waals surface area contributed by atoms with Crippen molar-refractivity contribution in [3.8, 4) is 11.8 Å². The predicted molar refractivity (Wildman–Crippen MR) is 54.5 cm³/mol. The van der Waals surface area contributed by atoms with Gasteiger partial charge in [0.05, 0.1) is 11.0 Å². The summed E-state index contributed by atoms with van der Waals surface area (Å²) < 4.78 is 60.3. The standard InChI is InChI=1S/C12H8N2/c1(11-3-7-13-8-4-11)2-12-5-9-14-10-6-12/h3-10H/i3D,4D,5D,6D,7D,8D,9D,10D. The summed E-state index contributed by atoms with van der Waals surface area (Å²) in [5.41, 5.74) is -0.447. The molecule has 0 bridgehead atoms. The highest BCUT2D eigenvalue weighted by Crippen LogP contribution is 1.96. The van der Waals surface area contributed by atoms with Crippen molar-refractivity contribution in [2.24, 2.45) is 0 Å².